The Morgan fingerprint density at radius 2 is 2.30 bits per heavy atom. The third-order valence-electron chi connectivity index (χ3n) is 3.31. The van der Waals surface area contributed by atoms with Crippen LogP contribution in [0.3, 0.4) is 0 Å². The van der Waals surface area contributed by atoms with E-state index in [1.807, 2.05) is 11.4 Å². The molecule has 0 fully saturated rings. The minimum Gasteiger partial charge on any atom is -0.479 e. The number of carbonyl (C=O) groups is 1. The van der Waals surface area contributed by atoms with E-state index in [9.17, 15) is 9.59 Å². The summed E-state index contributed by atoms with van der Waals surface area (Å²) in [6.45, 7) is 0.642. The second-order valence-corrected chi connectivity index (χ2v) is 5.78. The molecule has 0 atom stereocenters. The van der Waals surface area contributed by atoms with Crippen molar-refractivity contribution in [2.45, 2.75) is 6.54 Å². The summed E-state index contributed by atoms with van der Waals surface area (Å²) >= 11 is 1.36. The van der Waals surface area contributed by atoms with Crippen molar-refractivity contribution in [3.8, 4) is 5.88 Å². The van der Waals surface area contributed by atoms with Crippen molar-refractivity contribution in [2.75, 3.05) is 13.7 Å². The van der Waals surface area contributed by atoms with Gasteiger partial charge in [-0.1, -0.05) is 0 Å². The molecule has 8 nitrogen and oxygen atoms in total. The number of aryl methyl sites for hydroxylation is 1. The molecule has 0 bridgehead atoms. The first-order valence-electron chi connectivity index (χ1n) is 6.88. The molecular weight excluding hydrogens is 318 g/mol. The molecule has 1 amide bonds. The van der Waals surface area contributed by atoms with Gasteiger partial charge in [0.15, 0.2) is 0 Å². The van der Waals surface area contributed by atoms with Crippen LogP contribution in [-0.2, 0) is 13.6 Å². The smallest absolute Gasteiger partial charge is 0.271 e. The standard InChI is InChI=1S/C14H15N5O3S/c1-18-7-9(13(17-18)22-2)12(20)15-4-5-19-8-16-10-3-6-23-11(10)14(19)21/h3,6-8H,4-5H2,1-2H3,(H,15,20). The van der Waals surface area contributed by atoms with Gasteiger partial charge in [0.25, 0.3) is 11.5 Å². The number of nitrogens with one attached hydrogen (secondary N) is 1. The maximum atomic E-state index is 12.2. The molecule has 0 aromatic carbocycles. The molecule has 23 heavy (non-hydrogen) atoms. The Morgan fingerprint density at radius 1 is 1.48 bits per heavy atom. The van der Waals surface area contributed by atoms with E-state index in [4.69, 9.17) is 4.74 Å². The lowest BCUT2D eigenvalue weighted by Gasteiger charge is -2.07. The third kappa shape index (κ3) is 2.95. The SMILES string of the molecule is COc1nn(C)cc1C(=O)NCCn1cnc2ccsc2c1=O. The molecule has 0 saturated heterocycles. The van der Waals surface area contributed by atoms with E-state index in [0.29, 0.717) is 28.9 Å². The van der Waals surface area contributed by atoms with Gasteiger partial charge in [-0.05, 0) is 11.4 Å². The van der Waals surface area contributed by atoms with Crippen molar-refractivity contribution in [2.24, 2.45) is 7.05 Å². The van der Waals surface area contributed by atoms with Crippen LogP contribution in [0.1, 0.15) is 10.4 Å². The summed E-state index contributed by atoms with van der Waals surface area (Å²) in [5, 5.41) is 8.61. The molecular formula is C14H15N5O3S. The van der Waals surface area contributed by atoms with Crippen LogP contribution in [0.15, 0.2) is 28.8 Å². The van der Waals surface area contributed by atoms with Gasteiger partial charge < -0.3 is 10.1 Å². The summed E-state index contributed by atoms with van der Waals surface area (Å²) in [7, 11) is 3.17. The molecule has 0 spiro atoms. The Kier molecular flexibility index (Phi) is 4.11. The predicted octanol–water partition coefficient (Wildman–Crippen LogP) is 0.630. The van der Waals surface area contributed by atoms with E-state index in [-0.39, 0.29) is 17.3 Å². The summed E-state index contributed by atoms with van der Waals surface area (Å²) in [6, 6.07) is 1.81. The molecule has 0 aliphatic heterocycles. The van der Waals surface area contributed by atoms with Crippen LogP contribution in [0.4, 0.5) is 0 Å². The number of fused-ring (bicyclic) bond motifs is 1. The molecule has 0 unspecified atom stereocenters. The number of hydrogen-bond acceptors (Lipinski definition) is 6. The normalized spacial score (nSPS) is 10.9. The maximum Gasteiger partial charge on any atom is 0.271 e. The van der Waals surface area contributed by atoms with Crippen LogP contribution in [0.25, 0.3) is 10.2 Å². The summed E-state index contributed by atoms with van der Waals surface area (Å²) < 4.78 is 8.66. The average molecular weight is 333 g/mol. The highest BCUT2D eigenvalue weighted by atomic mass is 32.1. The van der Waals surface area contributed by atoms with Crippen molar-refractivity contribution in [3.05, 3.63) is 39.9 Å². The van der Waals surface area contributed by atoms with Gasteiger partial charge in [0.1, 0.15) is 10.3 Å². The topological polar surface area (TPSA) is 91.0 Å². The zero-order valence-corrected chi connectivity index (χ0v) is 13.5. The number of thiophene rings is 1. The number of nitrogens with zero attached hydrogens (tertiary/aromatic N) is 4. The lowest BCUT2D eigenvalue weighted by Crippen LogP contribution is -2.30. The van der Waals surface area contributed by atoms with Gasteiger partial charge in [-0.2, -0.15) is 0 Å². The highest BCUT2D eigenvalue weighted by molar-refractivity contribution is 7.17. The summed E-state index contributed by atoms with van der Waals surface area (Å²) in [4.78, 5) is 28.6. The monoisotopic (exact) mass is 333 g/mol. The molecule has 0 aliphatic carbocycles. The minimum atomic E-state index is -0.298. The summed E-state index contributed by atoms with van der Waals surface area (Å²) in [5.74, 6) is -0.0306. The molecule has 9 heteroatoms. The fraction of sp³-hybridized carbons (Fsp3) is 0.286. The number of aromatic nitrogens is 4. The Balaban J connectivity index is 1.67. The van der Waals surface area contributed by atoms with Crippen LogP contribution < -0.4 is 15.6 Å². The second kappa shape index (κ2) is 6.21. The lowest BCUT2D eigenvalue weighted by atomic mass is 10.3. The molecule has 0 saturated carbocycles. The lowest BCUT2D eigenvalue weighted by molar-refractivity contribution is 0.0949. The Bertz CT molecular complexity index is 911. The minimum absolute atomic E-state index is 0.0989. The van der Waals surface area contributed by atoms with Crippen LogP contribution in [0, 0.1) is 0 Å². The molecule has 3 aromatic heterocycles. The van der Waals surface area contributed by atoms with Crippen molar-refractivity contribution in [1.82, 2.24) is 24.6 Å². The largest absolute Gasteiger partial charge is 0.479 e. The van der Waals surface area contributed by atoms with Gasteiger partial charge in [-0.3, -0.25) is 18.8 Å². The zero-order valence-electron chi connectivity index (χ0n) is 12.6. The third-order valence-corrected chi connectivity index (χ3v) is 4.20. The number of rotatable bonds is 5. The van der Waals surface area contributed by atoms with E-state index in [1.165, 1.54) is 34.0 Å². The van der Waals surface area contributed by atoms with Gasteiger partial charge in [0.2, 0.25) is 5.88 Å². The van der Waals surface area contributed by atoms with Crippen molar-refractivity contribution in [1.29, 1.82) is 0 Å². The maximum absolute atomic E-state index is 12.2. The van der Waals surface area contributed by atoms with Crippen LogP contribution in [0.2, 0.25) is 0 Å². The summed E-state index contributed by atoms with van der Waals surface area (Å²) in [5.41, 5.74) is 0.952. The Labute approximate surface area is 135 Å². The van der Waals surface area contributed by atoms with Crippen LogP contribution in [-0.4, -0.2) is 38.9 Å². The highest BCUT2D eigenvalue weighted by Gasteiger charge is 2.15. The van der Waals surface area contributed by atoms with Crippen LogP contribution in [0.5, 0.6) is 5.88 Å². The number of amides is 1. The molecule has 3 rings (SSSR count). The fourth-order valence-electron chi connectivity index (χ4n) is 2.20. The van der Waals surface area contributed by atoms with Crippen molar-refractivity contribution < 1.29 is 9.53 Å². The van der Waals surface area contributed by atoms with Gasteiger partial charge >= 0.3 is 0 Å². The first-order valence-corrected chi connectivity index (χ1v) is 7.76. The first-order chi connectivity index (χ1) is 11.1. The molecule has 0 radical (unpaired) electrons. The first kappa shape index (κ1) is 15.2. The predicted molar refractivity (Wildman–Crippen MR) is 86.0 cm³/mol. The molecule has 0 aliphatic rings. The van der Waals surface area contributed by atoms with Gasteiger partial charge in [0, 0.05) is 26.3 Å². The number of carbonyl (C=O) groups excluding carboxylic acids is 1. The van der Waals surface area contributed by atoms with Gasteiger partial charge in [0.05, 0.1) is 19.0 Å². The van der Waals surface area contributed by atoms with E-state index in [1.54, 1.807) is 13.2 Å². The highest BCUT2D eigenvalue weighted by Crippen LogP contribution is 2.14. The Morgan fingerprint density at radius 3 is 3.09 bits per heavy atom. The molecule has 120 valence electrons. The van der Waals surface area contributed by atoms with Crippen molar-refractivity contribution in [3.63, 3.8) is 0 Å². The quantitative estimate of drug-likeness (QED) is 0.739. The van der Waals surface area contributed by atoms with Crippen LogP contribution >= 0.6 is 11.3 Å². The number of ether oxygens (including phenoxy) is 1. The summed E-state index contributed by atoms with van der Waals surface area (Å²) in [6.07, 6.45) is 3.08. The Hall–Kier alpha value is -2.68. The van der Waals surface area contributed by atoms with Crippen molar-refractivity contribution >= 4 is 27.5 Å². The van der Waals surface area contributed by atoms with E-state index < -0.39 is 0 Å². The van der Waals surface area contributed by atoms with Gasteiger partial charge in [-0.15, -0.1) is 16.4 Å². The van der Waals surface area contributed by atoms with E-state index in [2.05, 4.69) is 15.4 Å². The molecule has 3 aromatic rings. The fourth-order valence-corrected chi connectivity index (χ4v) is 2.99. The van der Waals surface area contributed by atoms with E-state index >= 15 is 0 Å². The number of hydrogen-bond donors (Lipinski definition) is 1. The second-order valence-electron chi connectivity index (χ2n) is 4.86. The average Bonchev–Trinajstić information content (AvgIpc) is 3.15. The van der Waals surface area contributed by atoms with E-state index in [0.717, 1.165) is 0 Å². The molecule has 1 N–H and O–H groups in total. The molecule has 3 heterocycles. The number of methoxy groups -OCH3 is 1. The zero-order chi connectivity index (χ0) is 16.4. The van der Waals surface area contributed by atoms with Gasteiger partial charge in [-0.25, -0.2) is 4.98 Å².